The van der Waals surface area contributed by atoms with E-state index in [1.165, 1.54) is 5.01 Å². The zero-order valence-electron chi connectivity index (χ0n) is 15.5. The van der Waals surface area contributed by atoms with Crippen LogP contribution in [0.15, 0.2) is 0 Å². The molecule has 6 nitrogen and oxygen atoms in total. The second-order valence-corrected chi connectivity index (χ2v) is 11.7. The van der Waals surface area contributed by atoms with Crippen LogP contribution >= 0.6 is 0 Å². The van der Waals surface area contributed by atoms with Crippen LogP contribution in [0.1, 0.15) is 46.0 Å². The van der Waals surface area contributed by atoms with Crippen LogP contribution in [-0.4, -0.2) is 44.0 Å². The average molecular weight is 355 g/mol. The molecule has 2 amide bonds. The van der Waals surface area contributed by atoms with Gasteiger partial charge in [-0.25, -0.2) is 15.0 Å². The summed E-state index contributed by atoms with van der Waals surface area (Å²) in [5, 5.41) is 1.26. The lowest BCUT2D eigenvalue weighted by atomic mass is 9.82. The predicted molar refractivity (Wildman–Crippen MR) is 96.0 cm³/mol. The summed E-state index contributed by atoms with van der Waals surface area (Å²) in [5.41, 5.74) is 5.20. The standard InChI is InChI=1S/C17H30N2O4Si/c1-6-22-15(20)18-19(16(21)23-7-2)17(11-9-8-10-12-17)13-14-24(3,4)5/h6-12H2,1-5H3,(H,18,20). The lowest BCUT2D eigenvalue weighted by Crippen LogP contribution is -2.60. The minimum absolute atomic E-state index is 0.232. The van der Waals surface area contributed by atoms with Crippen LogP contribution in [0.25, 0.3) is 0 Å². The smallest absolute Gasteiger partial charge is 0.430 e. The molecule has 0 saturated heterocycles. The molecule has 0 radical (unpaired) electrons. The van der Waals surface area contributed by atoms with Crippen molar-refractivity contribution in [3.8, 4) is 11.5 Å². The Hall–Kier alpha value is -1.68. The molecule has 0 aliphatic heterocycles. The van der Waals surface area contributed by atoms with Crippen LogP contribution in [0.2, 0.25) is 19.6 Å². The largest absolute Gasteiger partial charge is 0.449 e. The molecular weight excluding hydrogens is 324 g/mol. The number of nitrogens with zero attached hydrogens (tertiary/aromatic N) is 1. The summed E-state index contributed by atoms with van der Waals surface area (Å²) in [6, 6.07) is 0. The van der Waals surface area contributed by atoms with Gasteiger partial charge in [0.25, 0.3) is 0 Å². The van der Waals surface area contributed by atoms with E-state index in [0.717, 1.165) is 32.1 Å². The molecular formula is C17H30N2O4Si. The van der Waals surface area contributed by atoms with E-state index < -0.39 is 25.8 Å². The van der Waals surface area contributed by atoms with Crippen molar-refractivity contribution < 1.29 is 19.1 Å². The van der Waals surface area contributed by atoms with Gasteiger partial charge in [-0.15, -0.1) is 5.54 Å². The van der Waals surface area contributed by atoms with Crippen LogP contribution in [0.5, 0.6) is 0 Å². The monoisotopic (exact) mass is 354 g/mol. The molecule has 0 aromatic carbocycles. The molecule has 0 unspecified atom stereocenters. The van der Waals surface area contributed by atoms with Crippen molar-refractivity contribution in [1.29, 1.82) is 0 Å². The average Bonchev–Trinajstić information content (AvgIpc) is 2.51. The highest BCUT2D eigenvalue weighted by Crippen LogP contribution is 2.33. The number of ether oxygens (including phenoxy) is 2. The fraction of sp³-hybridized carbons (Fsp3) is 0.765. The van der Waals surface area contributed by atoms with Crippen molar-refractivity contribution in [2.24, 2.45) is 0 Å². The van der Waals surface area contributed by atoms with Crippen molar-refractivity contribution in [1.82, 2.24) is 10.4 Å². The summed E-state index contributed by atoms with van der Waals surface area (Å²) >= 11 is 0. The Morgan fingerprint density at radius 3 is 2.17 bits per heavy atom. The molecule has 1 saturated carbocycles. The Balaban J connectivity index is 3.19. The van der Waals surface area contributed by atoms with Crippen LogP contribution in [0.4, 0.5) is 9.59 Å². The summed E-state index contributed by atoms with van der Waals surface area (Å²) in [6.45, 7) is 10.4. The molecule has 0 atom stereocenters. The van der Waals surface area contributed by atoms with E-state index in [0.29, 0.717) is 0 Å². The van der Waals surface area contributed by atoms with Crippen LogP contribution in [0, 0.1) is 11.5 Å². The number of carbonyl (C=O) groups is 2. The van der Waals surface area contributed by atoms with E-state index in [-0.39, 0.29) is 13.2 Å². The molecule has 24 heavy (non-hydrogen) atoms. The molecule has 1 aliphatic carbocycles. The van der Waals surface area contributed by atoms with Crippen molar-refractivity contribution in [3.05, 3.63) is 0 Å². The van der Waals surface area contributed by atoms with Crippen molar-refractivity contribution in [3.63, 3.8) is 0 Å². The topological polar surface area (TPSA) is 67.9 Å². The minimum Gasteiger partial charge on any atom is -0.449 e. The quantitative estimate of drug-likeness (QED) is 0.477. The van der Waals surface area contributed by atoms with Gasteiger partial charge in [-0.2, -0.15) is 5.01 Å². The lowest BCUT2D eigenvalue weighted by molar-refractivity contribution is 0.0235. The van der Waals surface area contributed by atoms with Gasteiger partial charge in [-0.3, -0.25) is 0 Å². The Morgan fingerprint density at radius 2 is 1.67 bits per heavy atom. The fourth-order valence-electron chi connectivity index (χ4n) is 2.62. The van der Waals surface area contributed by atoms with Gasteiger partial charge in [-0.1, -0.05) is 44.8 Å². The second kappa shape index (κ2) is 8.97. The van der Waals surface area contributed by atoms with Crippen molar-refractivity contribution in [2.75, 3.05) is 13.2 Å². The van der Waals surface area contributed by atoms with E-state index >= 15 is 0 Å². The number of hydrazine groups is 1. The molecule has 0 spiro atoms. The first-order valence-electron chi connectivity index (χ1n) is 8.69. The summed E-state index contributed by atoms with van der Waals surface area (Å²) in [6.07, 6.45) is 3.21. The summed E-state index contributed by atoms with van der Waals surface area (Å²) in [5.74, 6) is 3.33. The van der Waals surface area contributed by atoms with Gasteiger partial charge in [-0.05, 0) is 26.7 Å². The van der Waals surface area contributed by atoms with Gasteiger partial charge < -0.3 is 9.47 Å². The summed E-state index contributed by atoms with van der Waals surface area (Å²) < 4.78 is 10.1. The fourth-order valence-corrected chi connectivity index (χ4v) is 3.22. The third kappa shape index (κ3) is 6.08. The first-order chi connectivity index (χ1) is 11.2. The Morgan fingerprint density at radius 1 is 1.08 bits per heavy atom. The minimum atomic E-state index is -1.63. The summed E-state index contributed by atoms with van der Waals surface area (Å²) in [4.78, 5) is 24.4. The zero-order chi connectivity index (χ0) is 18.2. The van der Waals surface area contributed by atoms with Crippen LogP contribution < -0.4 is 5.43 Å². The molecule has 1 rings (SSSR count). The highest BCUT2D eigenvalue weighted by atomic mass is 28.3. The molecule has 136 valence electrons. The summed E-state index contributed by atoms with van der Waals surface area (Å²) in [7, 11) is -1.63. The van der Waals surface area contributed by atoms with Crippen LogP contribution in [0.3, 0.4) is 0 Å². The van der Waals surface area contributed by atoms with Gasteiger partial charge >= 0.3 is 12.2 Å². The SMILES string of the molecule is CCOC(=O)NN(C(=O)OCC)C1(C#C[Si](C)(C)C)CCCCC1. The maximum atomic E-state index is 12.5. The van der Waals surface area contributed by atoms with E-state index in [1.807, 2.05) is 0 Å². The number of amides is 2. The van der Waals surface area contributed by atoms with Crippen LogP contribution in [-0.2, 0) is 9.47 Å². The zero-order valence-corrected chi connectivity index (χ0v) is 16.5. The Bertz CT molecular complexity index is 499. The normalized spacial score (nSPS) is 16.4. The second-order valence-electron chi connectivity index (χ2n) is 6.96. The third-order valence-corrected chi connectivity index (χ3v) is 4.58. The highest BCUT2D eigenvalue weighted by molar-refractivity contribution is 6.83. The van der Waals surface area contributed by atoms with Gasteiger partial charge in [0.2, 0.25) is 0 Å². The highest BCUT2D eigenvalue weighted by Gasteiger charge is 2.42. The van der Waals surface area contributed by atoms with Gasteiger partial charge in [0.1, 0.15) is 13.6 Å². The van der Waals surface area contributed by atoms with E-state index in [4.69, 9.17) is 9.47 Å². The maximum Gasteiger partial charge on any atom is 0.430 e. The maximum absolute atomic E-state index is 12.5. The number of hydrogen-bond acceptors (Lipinski definition) is 4. The van der Waals surface area contributed by atoms with Crippen molar-refractivity contribution >= 4 is 20.3 Å². The Labute approximate surface area is 146 Å². The number of hydrogen-bond donors (Lipinski definition) is 1. The Kier molecular flexibility index (Phi) is 7.61. The molecule has 0 bridgehead atoms. The van der Waals surface area contributed by atoms with Gasteiger partial charge in [0.15, 0.2) is 0 Å². The molecule has 1 fully saturated rings. The first-order valence-corrected chi connectivity index (χ1v) is 12.2. The molecule has 1 N–H and O–H groups in total. The van der Waals surface area contributed by atoms with Crippen molar-refractivity contribution in [2.45, 2.75) is 71.1 Å². The van der Waals surface area contributed by atoms with E-state index in [2.05, 4.69) is 36.5 Å². The van der Waals surface area contributed by atoms with E-state index in [1.54, 1.807) is 13.8 Å². The number of nitrogens with one attached hydrogen (secondary N) is 1. The molecule has 0 aromatic heterocycles. The van der Waals surface area contributed by atoms with Gasteiger partial charge in [0.05, 0.1) is 13.2 Å². The molecule has 7 heteroatoms. The number of rotatable bonds is 3. The third-order valence-electron chi connectivity index (χ3n) is 3.71. The first kappa shape index (κ1) is 20.4. The molecule has 0 aromatic rings. The van der Waals surface area contributed by atoms with Gasteiger partial charge in [0, 0.05) is 0 Å². The lowest BCUT2D eigenvalue weighted by Gasteiger charge is -2.41. The number of carbonyl (C=O) groups excluding carboxylic acids is 2. The van der Waals surface area contributed by atoms with E-state index in [9.17, 15) is 9.59 Å². The molecule has 1 aliphatic rings. The molecule has 0 heterocycles. The predicted octanol–water partition coefficient (Wildman–Crippen LogP) is 3.69.